The molecule has 1 aromatic heterocycles. The number of aromatic carboxylic acids is 1. The number of amides is 1. The van der Waals surface area contributed by atoms with E-state index >= 15 is 0 Å². The van der Waals surface area contributed by atoms with Gasteiger partial charge in [0, 0.05) is 6.54 Å². The van der Waals surface area contributed by atoms with Gasteiger partial charge in [0.05, 0.1) is 6.54 Å². The first-order valence-corrected chi connectivity index (χ1v) is 7.26. The first-order valence-electron chi connectivity index (χ1n) is 4.96. The maximum atomic E-state index is 11.7. The summed E-state index contributed by atoms with van der Waals surface area (Å²) in [4.78, 5) is 21.7. The van der Waals surface area contributed by atoms with Crippen LogP contribution in [-0.4, -0.2) is 38.5 Å². The van der Waals surface area contributed by atoms with Crippen molar-refractivity contribution >= 4 is 33.2 Å². The smallest absolute Gasteiger partial charge is 0.345 e. The highest BCUT2D eigenvalue weighted by atomic mass is 32.2. The topological polar surface area (TPSA) is 113 Å². The fourth-order valence-electron chi connectivity index (χ4n) is 1.07. The van der Waals surface area contributed by atoms with E-state index in [1.807, 2.05) is 0 Å². The summed E-state index contributed by atoms with van der Waals surface area (Å²) in [6, 6.07) is 2.39. The number of rotatable bonds is 6. The zero-order valence-corrected chi connectivity index (χ0v) is 11.1. The van der Waals surface area contributed by atoms with Gasteiger partial charge in [0.2, 0.25) is 5.91 Å². The lowest BCUT2D eigenvalue weighted by Gasteiger charge is -2.04. The van der Waals surface area contributed by atoms with Gasteiger partial charge in [-0.05, 0) is 19.1 Å². The molecule has 18 heavy (non-hydrogen) atoms. The van der Waals surface area contributed by atoms with Gasteiger partial charge in [-0.3, -0.25) is 4.79 Å². The van der Waals surface area contributed by atoms with Crippen molar-refractivity contribution in [2.24, 2.45) is 0 Å². The van der Waals surface area contributed by atoms with Crippen LogP contribution in [0.15, 0.2) is 16.3 Å². The summed E-state index contributed by atoms with van der Waals surface area (Å²) in [6.45, 7) is 1.74. The quantitative estimate of drug-likeness (QED) is 0.675. The standard InChI is InChI=1S/C9H12N2O5S2/c1-2-10-7(12)5-11-18(15,16)8-4-3-6(17-8)9(13)14/h3-4,11H,2,5H2,1H3,(H,10,12)(H,13,14). The minimum absolute atomic E-state index is 0.0756. The van der Waals surface area contributed by atoms with Crippen LogP contribution in [0.1, 0.15) is 16.6 Å². The molecule has 0 radical (unpaired) electrons. The van der Waals surface area contributed by atoms with Crippen LogP contribution in [0.2, 0.25) is 0 Å². The van der Waals surface area contributed by atoms with Crippen LogP contribution in [0.4, 0.5) is 0 Å². The van der Waals surface area contributed by atoms with Crippen LogP contribution < -0.4 is 10.0 Å². The van der Waals surface area contributed by atoms with Crippen molar-refractivity contribution < 1.29 is 23.1 Å². The van der Waals surface area contributed by atoms with E-state index in [1.54, 1.807) is 6.92 Å². The molecule has 0 aromatic carbocycles. The number of carbonyl (C=O) groups is 2. The fourth-order valence-corrected chi connectivity index (χ4v) is 3.24. The molecule has 1 amide bonds. The number of hydrogen-bond acceptors (Lipinski definition) is 5. The number of carboxylic acids is 1. The van der Waals surface area contributed by atoms with E-state index in [-0.39, 0.29) is 15.6 Å². The summed E-state index contributed by atoms with van der Waals surface area (Å²) in [5.41, 5.74) is 0. The normalized spacial score (nSPS) is 11.2. The highest BCUT2D eigenvalue weighted by Crippen LogP contribution is 2.21. The van der Waals surface area contributed by atoms with Crippen molar-refractivity contribution in [3.8, 4) is 0 Å². The molecule has 100 valence electrons. The molecule has 7 nitrogen and oxygen atoms in total. The molecular formula is C9H12N2O5S2. The second kappa shape index (κ2) is 5.94. The van der Waals surface area contributed by atoms with Gasteiger partial charge in [-0.25, -0.2) is 17.9 Å². The molecule has 1 aromatic rings. The summed E-state index contributed by atoms with van der Waals surface area (Å²) in [5, 5.41) is 11.1. The fraction of sp³-hybridized carbons (Fsp3) is 0.333. The second-order valence-electron chi connectivity index (χ2n) is 3.20. The van der Waals surface area contributed by atoms with Crippen LogP contribution in [0, 0.1) is 0 Å². The third-order valence-electron chi connectivity index (χ3n) is 1.85. The number of likely N-dealkylation sites (N-methyl/N-ethyl adjacent to an activating group) is 1. The van der Waals surface area contributed by atoms with Crippen molar-refractivity contribution in [3.05, 3.63) is 17.0 Å². The van der Waals surface area contributed by atoms with Crippen molar-refractivity contribution in [1.82, 2.24) is 10.0 Å². The van der Waals surface area contributed by atoms with Crippen LogP contribution >= 0.6 is 11.3 Å². The Morgan fingerprint density at radius 1 is 1.39 bits per heavy atom. The van der Waals surface area contributed by atoms with Crippen LogP contribution in [0.25, 0.3) is 0 Å². The summed E-state index contributed by atoms with van der Waals surface area (Å²) in [6.07, 6.45) is 0. The predicted octanol–water partition coefficient (Wildman–Crippen LogP) is -0.139. The Kier molecular flexibility index (Phi) is 4.82. The van der Waals surface area contributed by atoms with Gasteiger partial charge in [-0.15, -0.1) is 11.3 Å². The summed E-state index contributed by atoms with van der Waals surface area (Å²) >= 11 is 0.631. The number of carboxylic acid groups (broad SMARTS) is 1. The molecule has 0 aliphatic carbocycles. The average Bonchev–Trinajstić information content (AvgIpc) is 2.77. The van der Waals surface area contributed by atoms with Gasteiger partial charge in [0.25, 0.3) is 10.0 Å². The zero-order chi connectivity index (χ0) is 13.8. The molecular weight excluding hydrogens is 280 g/mol. The van der Waals surface area contributed by atoms with Gasteiger partial charge < -0.3 is 10.4 Å². The molecule has 1 rings (SSSR count). The number of hydrogen-bond donors (Lipinski definition) is 3. The number of nitrogens with one attached hydrogen (secondary N) is 2. The van der Waals surface area contributed by atoms with Gasteiger partial charge in [0.1, 0.15) is 9.09 Å². The van der Waals surface area contributed by atoms with Gasteiger partial charge in [0.15, 0.2) is 0 Å². The maximum absolute atomic E-state index is 11.7. The molecule has 0 atom stereocenters. The highest BCUT2D eigenvalue weighted by molar-refractivity contribution is 7.91. The average molecular weight is 292 g/mol. The lowest BCUT2D eigenvalue weighted by molar-refractivity contribution is -0.119. The van der Waals surface area contributed by atoms with E-state index in [4.69, 9.17) is 5.11 Å². The second-order valence-corrected chi connectivity index (χ2v) is 6.28. The molecule has 0 saturated carbocycles. The number of thiophene rings is 1. The molecule has 0 saturated heterocycles. The Hall–Kier alpha value is -1.45. The Morgan fingerprint density at radius 3 is 2.56 bits per heavy atom. The largest absolute Gasteiger partial charge is 0.477 e. The van der Waals surface area contributed by atoms with E-state index in [2.05, 4.69) is 10.0 Å². The Bertz CT molecular complexity index is 549. The van der Waals surface area contributed by atoms with E-state index < -0.39 is 21.9 Å². The molecule has 0 bridgehead atoms. The summed E-state index contributed by atoms with van der Waals surface area (Å²) < 4.78 is 25.4. The molecule has 0 unspecified atom stereocenters. The Balaban J connectivity index is 2.74. The third-order valence-corrected chi connectivity index (χ3v) is 4.82. The molecule has 9 heteroatoms. The molecule has 0 spiro atoms. The predicted molar refractivity (Wildman–Crippen MR) is 65.2 cm³/mol. The first kappa shape index (κ1) is 14.6. The van der Waals surface area contributed by atoms with E-state index in [0.29, 0.717) is 17.9 Å². The van der Waals surface area contributed by atoms with Crippen molar-refractivity contribution in [1.29, 1.82) is 0 Å². The monoisotopic (exact) mass is 292 g/mol. The number of carbonyl (C=O) groups excluding carboxylic acids is 1. The molecule has 0 fully saturated rings. The minimum atomic E-state index is -3.84. The molecule has 0 aliphatic rings. The van der Waals surface area contributed by atoms with E-state index in [0.717, 1.165) is 0 Å². The summed E-state index contributed by atoms with van der Waals surface area (Å²) in [5.74, 6) is -1.64. The minimum Gasteiger partial charge on any atom is -0.477 e. The van der Waals surface area contributed by atoms with E-state index in [1.165, 1.54) is 12.1 Å². The Morgan fingerprint density at radius 2 is 2.06 bits per heavy atom. The van der Waals surface area contributed by atoms with Crippen molar-refractivity contribution in [2.45, 2.75) is 11.1 Å². The zero-order valence-electron chi connectivity index (χ0n) is 9.47. The number of sulfonamides is 1. The lowest BCUT2D eigenvalue weighted by Crippen LogP contribution is -2.36. The first-order chi connectivity index (χ1) is 8.36. The van der Waals surface area contributed by atoms with E-state index in [9.17, 15) is 18.0 Å². The van der Waals surface area contributed by atoms with Crippen molar-refractivity contribution in [3.63, 3.8) is 0 Å². The molecule has 1 heterocycles. The lowest BCUT2D eigenvalue weighted by atomic mass is 10.5. The molecule has 0 aliphatic heterocycles. The van der Waals surface area contributed by atoms with Gasteiger partial charge in [-0.1, -0.05) is 0 Å². The van der Waals surface area contributed by atoms with Crippen LogP contribution in [0.3, 0.4) is 0 Å². The van der Waals surface area contributed by atoms with Gasteiger partial charge >= 0.3 is 5.97 Å². The third kappa shape index (κ3) is 3.79. The highest BCUT2D eigenvalue weighted by Gasteiger charge is 2.19. The maximum Gasteiger partial charge on any atom is 0.345 e. The van der Waals surface area contributed by atoms with Gasteiger partial charge in [-0.2, -0.15) is 0 Å². The molecule has 3 N–H and O–H groups in total. The van der Waals surface area contributed by atoms with Crippen LogP contribution in [0.5, 0.6) is 0 Å². The van der Waals surface area contributed by atoms with Crippen molar-refractivity contribution in [2.75, 3.05) is 13.1 Å². The van der Waals surface area contributed by atoms with Crippen LogP contribution in [-0.2, 0) is 14.8 Å². The Labute approximate surface area is 108 Å². The summed E-state index contributed by atoms with van der Waals surface area (Å²) in [7, 11) is -3.84. The SMILES string of the molecule is CCNC(=O)CNS(=O)(=O)c1ccc(C(=O)O)s1.